The number of alkyl carbamates (subject to hydrolysis) is 1. The van der Waals surface area contributed by atoms with Crippen LogP contribution < -0.4 is 10.6 Å². The number of hydrogen-bond acceptors (Lipinski definition) is 3. The van der Waals surface area contributed by atoms with Gasteiger partial charge in [0.1, 0.15) is 12.1 Å². The monoisotopic (exact) mass is 505 g/mol. The Labute approximate surface area is 222 Å². The zero-order valence-corrected chi connectivity index (χ0v) is 21.5. The van der Waals surface area contributed by atoms with Crippen LogP contribution in [0.3, 0.4) is 0 Å². The van der Waals surface area contributed by atoms with Crippen LogP contribution in [0.25, 0.3) is 21.7 Å². The SMILES string of the molecule is C[C@H](NC(=O)[C@@](C)(Cc1c[nH]c2ccccc12)NC(=O)OCc1cccc2ccccc12)c1ccccc1. The Balaban J connectivity index is 1.36. The van der Waals surface area contributed by atoms with Gasteiger partial charge in [0.25, 0.3) is 0 Å². The molecular formula is C32H31N3O3. The van der Waals surface area contributed by atoms with Crippen LogP contribution in [0.15, 0.2) is 103 Å². The van der Waals surface area contributed by atoms with Gasteiger partial charge in [0.15, 0.2) is 0 Å². The molecule has 0 radical (unpaired) electrons. The molecule has 192 valence electrons. The van der Waals surface area contributed by atoms with E-state index >= 15 is 0 Å². The number of carbonyl (C=O) groups is 2. The fraction of sp³-hybridized carbons (Fsp3) is 0.188. The molecule has 3 N–H and O–H groups in total. The molecule has 1 aromatic heterocycles. The molecule has 5 rings (SSSR count). The van der Waals surface area contributed by atoms with Crippen molar-refractivity contribution in [3.8, 4) is 0 Å². The van der Waals surface area contributed by atoms with E-state index in [0.717, 1.165) is 38.4 Å². The van der Waals surface area contributed by atoms with E-state index in [1.807, 2.05) is 110 Å². The van der Waals surface area contributed by atoms with Gasteiger partial charge in [0.2, 0.25) is 5.91 Å². The topological polar surface area (TPSA) is 83.2 Å². The van der Waals surface area contributed by atoms with Gasteiger partial charge in [-0.15, -0.1) is 0 Å². The maximum Gasteiger partial charge on any atom is 0.408 e. The molecule has 0 unspecified atom stereocenters. The van der Waals surface area contributed by atoms with Crippen LogP contribution in [0.4, 0.5) is 4.79 Å². The molecule has 0 aliphatic heterocycles. The second-order valence-electron chi connectivity index (χ2n) is 9.81. The smallest absolute Gasteiger partial charge is 0.408 e. The quantitative estimate of drug-likeness (QED) is 0.227. The minimum absolute atomic E-state index is 0.0956. The third-order valence-electron chi connectivity index (χ3n) is 6.98. The predicted molar refractivity (Wildman–Crippen MR) is 151 cm³/mol. The van der Waals surface area contributed by atoms with E-state index in [9.17, 15) is 9.59 Å². The molecule has 4 aromatic carbocycles. The molecule has 1 heterocycles. The number of fused-ring (bicyclic) bond motifs is 2. The molecule has 0 spiro atoms. The first-order valence-electron chi connectivity index (χ1n) is 12.8. The Morgan fingerprint density at radius 3 is 2.34 bits per heavy atom. The lowest BCUT2D eigenvalue weighted by molar-refractivity contribution is -0.127. The van der Waals surface area contributed by atoms with Gasteiger partial charge in [-0.1, -0.05) is 91.0 Å². The summed E-state index contributed by atoms with van der Waals surface area (Å²) in [5.41, 5.74) is 2.53. The van der Waals surface area contributed by atoms with E-state index < -0.39 is 11.6 Å². The highest BCUT2D eigenvalue weighted by Gasteiger charge is 2.37. The number of H-pyrrole nitrogens is 1. The normalized spacial score (nSPS) is 13.5. The van der Waals surface area contributed by atoms with Crippen LogP contribution in [0.2, 0.25) is 0 Å². The second kappa shape index (κ2) is 10.8. The van der Waals surface area contributed by atoms with Gasteiger partial charge >= 0.3 is 6.09 Å². The largest absolute Gasteiger partial charge is 0.445 e. The number of hydrogen-bond donors (Lipinski definition) is 3. The molecule has 6 nitrogen and oxygen atoms in total. The summed E-state index contributed by atoms with van der Waals surface area (Å²) in [7, 11) is 0. The first-order chi connectivity index (χ1) is 18.4. The summed E-state index contributed by atoms with van der Waals surface area (Å²) in [6.07, 6.45) is 1.52. The van der Waals surface area contributed by atoms with Crippen LogP contribution >= 0.6 is 0 Å². The zero-order valence-electron chi connectivity index (χ0n) is 21.5. The summed E-state index contributed by atoms with van der Waals surface area (Å²) >= 11 is 0. The summed E-state index contributed by atoms with van der Waals surface area (Å²) in [5.74, 6) is -0.291. The molecule has 0 saturated heterocycles. The summed E-state index contributed by atoms with van der Waals surface area (Å²) in [6.45, 7) is 3.76. The van der Waals surface area contributed by atoms with Crippen molar-refractivity contribution in [2.24, 2.45) is 0 Å². The van der Waals surface area contributed by atoms with Gasteiger partial charge in [-0.2, -0.15) is 0 Å². The molecule has 6 heteroatoms. The lowest BCUT2D eigenvalue weighted by Gasteiger charge is -2.31. The van der Waals surface area contributed by atoms with E-state index in [1.165, 1.54) is 0 Å². The lowest BCUT2D eigenvalue weighted by Crippen LogP contribution is -2.58. The molecular weight excluding hydrogens is 474 g/mol. The Bertz CT molecular complexity index is 1570. The summed E-state index contributed by atoms with van der Waals surface area (Å²) < 4.78 is 5.64. The molecule has 0 aliphatic carbocycles. The minimum Gasteiger partial charge on any atom is -0.445 e. The Hall–Kier alpha value is -4.58. The highest BCUT2D eigenvalue weighted by atomic mass is 16.5. The standard InChI is InChI=1S/C32H31N3O3/c1-22(23-11-4-3-5-12-23)34-30(36)32(2,19-26-20-33-29-18-9-8-17-28(26)29)35-31(37)38-21-25-15-10-14-24-13-6-7-16-27(24)25/h3-18,20,22,33H,19,21H2,1-2H3,(H,34,36)(H,35,37)/t22-,32+/m0/s1. The maximum absolute atomic E-state index is 13.7. The van der Waals surface area contributed by atoms with Crippen molar-refractivity contribution in [2.75, 3.05) is 0 Å². The van der Waals surface area contributed by atoms with Crippen LogP contribution in [0.1, 0.15) is 36.6 Å². The molecule has 5 aromatic rings. The fourth-order valence-corrected chi connectivity index (χ4v) is 4.84. The minimum atomic E-state index is -1.26. The van der Waals surface area contributed by atoms with Crippen LogP contribution in [0, 0.1) is 0 Å². The summed E-state index contributed by atoms with van der Waals surface area (Å²) in [5, 5.41) is 9.08. The highest BCUT2D eigenvalue weighted by Crippen LogP contribution is 2.25. The van der Waals surface area contributed by atoms with E-state index in [-0.39, 0.29) is 25.0 Å². The number of nitrogens with one attached hydrogen (secondary N) is 3. The Kier molecular flexibility index (Phi) is 7.13. The van der Waals surface area contributed by atoms with Crippen molar-refractivity contribution in [2.45, 2.75) is 38.5 Å². The van der Waals surface area contributed by atoms with Gasteiger partial charge in [0, 0.05) is 23.5 Å². The third kappa shape index (κ3) is 5.39. The average Bonchev–Trinajstić information content (AvgIpc) is 3.34. The second-order valence-corrected chi connectivity index (χ2v) is 9.81. The number of aromatic amines is 1. The number of benzene rings is 4. The number of aromatic nitrogens is 1. The molecule has 38 heavy (non-hydrogen) atoms. The van der Waals surface area contributed by atoms with E-state index in [4.69, 9.17) is 4.74 Å². The average molecular weight is 506 g/mol. The molecule has 0 aliphatic rings. The van der Waals surface area contributed by atoms with Crippen LogP contribution in [-0.4, -0.2) is 22.5 Å². The summed E-state index contributed by atoms with van der Waals surface area (Å²) in [4.78, 5) is 30.1. The molecule has 2 atom stereocenters. The van der Waals surface area contributed by atoms with Crippen molar-refractivity contribution in [1.29, 1.82) is 0 Å². The highest BCUT2D eigenvalue weighted by molar-refractivity contribution is 5.92. The van der Waals surface area contributed by atoms with E-state index in [2.05, 4.69) is 15.6 Å². The summed E-state index contributed by atoms with van der Waals surface area (Å²) in [6, 6.07) is 31.3. The number of para-hydroxylation sites is 1. The van der Waals surface area contributed by atoms with Crippen molar-refractivity contribution < 1.29 is 14.3 Å². The molecule has 0 saturated carbocycles. The number of carbonyl (C=O) groups excluding carboxylic acids is 2. The van der Waals surface area contributed by atoms with Crippen molar-refractivity contribution in [3.05, 3.63) is 120 Å². The third-order valence-corrected chi connectivity index (χ3v) is 6.98. The zero-order chi connectivity index (χ0) is 26.5. The number of rotatable bonds is 8. The van der Waals surface area contributed by atoms with Crippen LogP contribution in [0.5, 0.6) is 0 Å². The van der Waals surface area contributed by atoms with Crippen molar-refractivity contribution >= 4 is 33.7 Å². The first-order valence-corrected chi connectivity index (χ1v) is 12.8. The Morgan fingerprint density at radius 2 is 1.53 bits per heavy atom. The molecule has 2 amide bonds. The van der Waals surface area contributed by atoms with Gasteiger partial charge in [0.05, 0.1) is 6.04 Å². The number of amides is 2. The molecule has 0 bridgehead atoms. The van der Waals surface area contributed by atoms with Crippen LogP contribution in [-0.2, 0) is 22.6 Å². The Morgan fingerprint density at radius 1 is 0.842 bits per heavy atom. The number of ether oxygens (including phenoxy) is 1. The van der Waals surface area contributed by atoms with Gasteiger partial charge < -0.3 is 20.4 Å². The van der Waals surface area contributed by atoms with Gasteiger partial charge in [-0.25, -0.2) is 4.79 Å². The maximum atomic E-state index is 13.7. The first kappa shape index (κ1) is 25.1. The van der Waals surface area contributed by atoms with E-state index in [1.54, 1.807) is 6.92 Å². The molecule has 0 fully saturated rings. The fourth-order valence-electron chi connectivity index (χ4n) is 4.84. The van der Waals surface area contributed by atoms with E-state index in [0.29, 0.717) is 0 Å². The van der Waals surface area contributed by atoms with Crippen molar-refractivity contribution in [1.82, 2.24) is 15.6 Å². The van der Waals surface area contributed by atoms with Crippen molar-refractivity contribution in [3.63, 3.8) is 0 Å². The lowest BCUT2D eigenvalue weighted by atomic mass is 9.91. The van der Waals surface area contributed by atoms with Gasteiger partial charge in [-0.05, 0) is 47.4 Å². The predicted octanol–water partition coefficient (Wildman–Crippen LogP) is 6.43. The van der Waals surface area contributed by atoms with Gasteiger partial charge in [-0.3, -0.25) is 4.79 Å².